The molecule has 0 unspecified atom stereocenters. The number of alkyl halides is 6. The fourth-order valence-corrected chi connectivity index (χ4v) is 2.58. The molecule has 8 heteroatoms. The lowest BCUT2D eigenvalue weighted by Gasteiger charge is -2.33. The Morgan fingerprint density at radius 2 is 1.07 bits per heavy atom. The molecule has 0 aromatic rings. The first-order valence-corrected chi connectivity index (χ1v) is 5.26. The van der Waals surface area contributed by atoms with E-state index in [2.05, 4.69) is 31.9 Å². The molecule has 15 heavy (non-hydrogen) atoms. The molecule has 1 aliphatic rings. The van der Waals surface area contributed by atoms with Gasteiger partial charge in [-0.15, -0.1) is 0 Å². The van der Waals surface area contributed by atoms with E-state index in [1.54, 1.807) is 0 Å². The Morgan fingerprint density at radius 3 is 1.20 bits per heavy atom. The minimum absolute atomic E-state index is 0.0860. The van der Waals surface area contributed by atoms with Crippen LogP contribution in [-0.2, 0) is 0 Å². The number of rotatable bonds is 0. The van der Waals surface area contributed by atoms with Crippen molar-refractivity contribution in [2.24, 2.45) is 5.41 Å². The Balaban J connectivity index is 3.16. The van der Waals surface area contributed by atoms with Crippen molar-refractivity contribution in [1.82, 2.24) is 0 Å². The molecule has 88 valence electrons. The van der Waals surface area contributed by atoms with E-state index < -0.39 is 30.6 Å². The van der Waals surface area contributed by atoms with Crippen molar-refractivity contribution in [3.8, 4) is 0 Å². The van der Waals surface area contributed by atoms with Crippen LogP contribution in [0.25, 0.3) is 0 Å². The molecule has 0 saturated heterocycles. The van der Waals surface area contributed by atoms with Crippen molar-refractivity contribution in [1.29, 1.82) is 0 Å². The second-order valence-electron chi connectivity index (χ2n) is 3.24. The minimum Gasteiger partial charge on any atom is -0.170 e. The van der Waals surface area contributed by atoms with Crippen molar-refractivity contribution in [2.45, 2.75) is 25.2 Å². The van der Waals surface area contributed by atoms with Gasteiger partial charge in [-0.25, -0.2) is 0 Å². The van der Waals surface area contributed by atoms with Crippen molar-refractivity contribution in [2.75, 3.05) is 0 Å². The Kier molecular flexibility index (Phi) is 3.24. The molecule has 0 nitrogen and oxygen atoms in total. The zero-order valence-corrected chi connectivity index (χ0v) is 10.1. The van der Waals surface area contributed by atoms with Crippen molar-refractivity contribution < 1.29 is 26.3 Å². The third-order valence-corrected chi connectivity index (χ3v) is 4.34. The first-order chi connectivity index (χ1) is 6.51. The van der Waals surface area contributed by atoms with E-state index in [0.717, 1.165) is 0 Å². The minimum atomic E-state index is -5.31. The fourth-order valence-electron chi connectivity index (χ4n) is 1.35. The zero-order chi connectivity index (χ0) is 12.1. The summed E-state index contributed by atoms with van der Waals surface area (Å²) in [7, 11) is 0. The fraction of sp³-hybridized carbons (Fsp3) is 0.714. The molecule has 0 aliphatic heterocycles. The summed E-state index contributed by atoms with van der Waals surface area (Å²) < 4.78 is 74.6. The predicted octanol–water partition coefficient (Wildman–Crippen LogP) is 4.89. The summed E-state index contributed by atoms with van der Waals surface area (Å²) >= 11 is 5.39. The maximum Gasteiger partial charge on any atom is 0.403 e. The molecule has 0 aromatic carbocycles. The standard InChI is InChI=1S/C7H4Br2F6/c8-3-1-5(2-4(3)9,6(10,11)12)7(13,14)15/h1-2H2. The molecule has 0 heterocycles. The molecule has 0 N–H and O–H groups in total. The highest BCUT2D eigenvalue weighted by Gasteiger charge is 2.72. The highest BCUT2D eigenvalue weighted by atomic mass is 79.9. The first-order valence-electron chi connectivity index (χ1n) is 3.68. The van der Waals surface area contributed by atoms with Crippen molar-refractivity contribution in [3.63, 3.8) is 0 Å². The van der Waals surface area contributed by atoms with Gasteiger partial charge in [0.25, 0.3) is 0 Å². The average Bonchev–Trinajstić information content (AvgIpc) is 2.26. The third kappa shape index (κ3) is 2.07. The van der Waals surface area contributed by atoms with E-state index in [0.29, 0.717) is 0 Å². The van der Waals surface area contributed by atoms with E-state index in [-0.39, 0.29) is 8.96 Å². The van der Waals surface area contributed by atoms with Gasteiger partial charge >= 0.3 is 12.4 Å². The van der Waals surface area contributed by atoms with Crippen LogP contribution in [0.1, 0.15) is 12.8 Å². The summed E-state index contributed by atoms with van der Waals surface area (Å²) in [5, 5.41) is 0. The van der Waals surface area contributed by atoms with Crippen LogP contribution in [0.5, 0.6) is 0 Å². The van der Waals surface area contributed by atoms with E-state index in [9.17, 15) is 26.3 Å². The maximum atomic E-state index is 12.5. The van der Waals surface area contributed by atoms with Crippen LogP contribution in [0, 0.1) is 5.41 Å². The van der Waals surface area contributed by atoms with E-state index in [1.165, 1.54) is 0 Å². The second-order valence-corrected chi connectivity index (χ2v) is 5.16. The molecule has 0 saturated carbocycles. The van der Waals surface area contributed by atoms with Gasteiger partial charge in [0.05, 0.1) is 0 Å². The quantitative estimate of drug-likeness (QED) is 0.539. The zero-order valence-electron chi connectivity index (χ0n) is 6.94. The van der Waals surface area contributed by atoms with Gasteiger partial charge in [0, 0.05) is 21.8 Å². The van der Waals surface area contributed by atoms with Gasteiger partial charge in [0.15, 0.2) is 5.41 Å². The topological polar surface area (TPSA) is 0 Å². The Morgan fingerprint density at radius 1 is 0.800 bits per heavy atom. The molecule has 1 rings (SSSR count). The van der Waals surface area contributed by atoms with Gasteiger partial charge in [0.2, 0.25) is 0 Å². The predicted molar refractivity (Wildman–Crippen MR) is 48.7 cm³/mol. The van der Waals surface area contributed by atoms with Crippen molar-refractivity contribution in [3.05, 3.63) is 8.96 Å². The number of hydrogen-bond donors (Lipinski definition) is 0. The monoisotopic (exact) mass is 360 g/mol. The smallest absolute Gasteiger partial charge is 0.170 e. The van der Waals surface area contributed by atoms with Crippen LogP contribution in [0.3, 0.4) is 0 Å². The molecular formula is C7H4Br2F6. The highest BCUT2D eigenvalue weighted by Crippen LogP contribution is 2.62. The SMILES string of the molecule is FC(F)(F)C1(C(F)(F)F)CC(Br)=C(Br)C1. The molecule has 1 aliphatic carbocycles. The first kappa shape index (κ1) is 13.3. The van der Waals surface area contributed by atoms with E-state index in [4.69, 9.17) is 0 Å². The molecule has 0 radical (unpaired) electrons. The Bertz CT molecular complexity index is 270. The van der Waals surface area contributed by atoms with Crippen LogP contribution in [0.2, 0.25) is 0 Å². The summed E-state index contributed by atoms with van der Waals surface area (Å²) in [5.74, 6) is 0. The molecule has 0 aromatic heterocycles. The maximum absolute atomic E-state index is 12.5. The lowest BCUT2D eigenvalue weighted by atomic mass is 9.84. The number of allylic oxidation sites excluding steroid dienone is 2. The average molecular weight is 362 g/mol. The van der Waals surface area contributed by atoms with Gasteiger partial charge in [-0.1, -0.05) is 31.9 Å². The molecule has 0 atom stereocenters. The van der Waals surface area contributed by atoms with Crippen LogP contribution < -0.4 is 0 Å². The normalized spacial score (nSPS) is 22.4. The van der Waals surface area contributed by atoms with Gasteiger partial charge in [-0.05, 0) is 0 Å². The van der Waals surface area contributed by atoms with Gasteiger partial charge in [-0.2, -0.15) is 26.3 Å². The summed E-state index contributed by atoms with van der Waals surface area (Å²) in [4.78, 5) is 0. The summed E-state index contributed by atoms with van der Waals surface area (Å²) in [6.45, 7) is 0. The number of halogens is 8. The lowest BCUT2D eigenvalue weighted by Crippen LogP contribution is -2.48. The van der Waals surface area contributed by atoms with Gasteiger partial charge in [-0.3, -0.25) is 0 Å². The van der Waals surface area contributed by atoms with Crippen LogP contribution >= 0.6 is 31.9 Å². The third-order valence-electron chi connectivity index (χ3n) is 2.29. The summed E-state index contributed by atoms with van der Waals surface area (Å²) in [5.41, 5.74) is -3.66. The van der Waals surface area contributed by atoms with Crippen LogP contribution in [-0.4, -0.2) is 12.4 Å². The molecule has 0 spiro atoms. The molecule has 0 amide bonds. The summed E-state index contributed by atoms with van der Waals surface area (Å²) in [6, 6.07) is 0. The largest absolute Gasteiger partial charge is 0.403 e. The Hall–Kier alpha value is 0.280. The second kappa shape index (κ2) is 3.65. The summed E-state index contributed by atoms with van der Waals surface area (Å²) in [6.07, 6.45) is -12.8. The van der Waals surface area contributed by atoms with E-state index in [1.807, 2.05) is 0 Å². The van der Waals surface area contributed by atoms with Crippen molar-refractivity contribution >= 4 is 31.9 Å². The molecule has 0 bridgehead atoms. The molecular weight excluding hydrogens is 358 g/mol. The van der Waals surface area contributed by atoms with Crippen LogP contribution in [0.15, 0.2) is 8.96 Å². The van der Waals surface area contributed by atoms with Gasteiger partial charge in [0.1, 0.15) is 0 Å². The lowest BCUT2D eigenvalue weighted by molar-refractivity contribution is -0.336. The van der Waals surface area contributed by atoms with Crippen LogP contribution in [0.4, 0.5) is 26.3 Å². The number of hydrogen-bond acceptors (Lipinski definition) is 0. The molecule has 0 fully saturated rings. The Labute approximate surface area is 98.0 Å². The van der Waals surface area contributed by atoms with Gasteiger partial charge < -0.3 is 0 Å². The highest BCUT2D eigenvalue weighted by molar-refractivity contribution is 9.14. The van der Waals surface area contributed by atoms with E-state index >= 15 is 0 Å².